The maximum atomic E-state index is 13.0. The molecule has 6 nitrogen and oxygen atoms in total. The zero-order valence-electron chi connectivity index (χ0n) is 17.3. The molecule has 1 aliphatic heterocycles. The van der Waals surface area contributed by atoms with E-state index in [0.29, 0.717) is 18.0 Å². The van der Waals surface area contributed by atoms with Gasteiger partial charge in [0.05, 0.1) is 4.90 Å². The number of hydrogen-bond acceptors (Lipinski definition) is 4. The van der Waals surface area contributed by atoms with Crippen LogP contribution in [-0.2, 0) is 23.5 Å². The predicted molar refractivity (Wildman–Crippen MR) is 116 cm³/mol. The van der Waals surface area contributed by atoms with Crippen LogP contribution in [0.3, 0.4) is 0 Å². The molecular weight excluding hydrogens is 384 g/mol. The minimum absolute atomic E-state index is 0.400. The Hall–Kier alpha value is -2.22. The Morgan fingerprint density at radius 3 is 2.52 bits per heavy atom. The molecule has 3 aromatic rings. The van der Waals surface area contributed by atoms with Crippen molar-refractivity contribution in [3.05, 3.63) is 59.4 Å². The van der Waals surface area contributed by atoms with Crippen LogP contribution in [0, 0.1) is 13.8 Å². The zero-order chi connectivity index (χ0) is 20.6. The summed E-state index contributed by atoms with van der Waals surface area (Å²) in [6, 6.07) is 9.48. The van der Waals surface area contributed by atoms with E-state index in [9.17, 15) is 8.42 Å². The Kier molecular flexibility index (Phi) is 5.46. The van der Waals surface area contributed by atoms with Gasteiger partial charge in [-0.05, 0) is 61.2 Å². The molecule has 1 aromatic carbocycles. The standard InChI is InChI=1S/C22H28N4O2S/c1-17-6-7-20(15-18(17)2)29(27,28)26-13-11-25(12-14-26)10-8-19-16-24(3)22-21(19)5-4-9-23-22/h4-7,9,15-16H,8,10-14H2,1-3H3. The smallest absolute Gasteiger partial charge is 0.243 e. The molecule has 1 saturated heterocycles. The van der Waals surface area contributed by atoms with Gasteiger partial charge < -0.3 is 9.47 Å². The summed E-state index contributed by atoms with van der Waals surface area (Å²) in [6.45, 7) is 7.45. The molecule has 0 radical (unpaired) electrons. The minimum atomic E-state index is -3.42. The van der Waals surface area contributed by atoms with Gasteiger partial charge in [0.15, 0.2) is 0 Å². The van der Waals surface area contributed by atoms with Gasteiger partial charge in [-0.2, -0.15) is 4.31 Å². The van der Waals surface area contributed by atoms with E-state index in [-0.39, 0.29) is 0 Å². The molecule has 1 aliphatic rings. The van der Waals surface area contributed by atoms with Crippen molar-refractivity contribution in [2.45, 2.75) is 25.2 Å². The van der Waals surface area contributed by atoms with Gasteiger partial charge >= 0.3 is 0 Å². The van der Waals surface area contributed by atoms with Crippen LogP contribution in [0.2, 0.25) is 0 Å². The van der Waals surface area contributed by atoms with Crippen molar-refractivity contribution in [2.75, 3.05) is 32.7 Å². The Morgan fingerprint density at radius 2 is 1.79 bits per heavy atom. The van der Waals surface area contributed by atoms with Crippen LogP contribution in [0.15, 0.2) is 47.6 Å². The summed E-state index contributed by atoms with van der Waals surface area (Å²) in [5.41, 5.74) is 4.42. The molecule has 0 bridgehead atoms. The summed E-state index contributed by atoms with van der Waals surface area (Å²) in [7, 11) is -1.40. The van der Waals surface area contributed by atoms with E-state index in [2.05, 4.69) is 26.7 Å². The van der Waals surface area contributed by atoms with E-state index < -0.39 is 10.0 Å². The Morgan fingerprint density at radius 1 is 1.03 bits per heavy atom. The van der Waals surface area contributed by atoms with Gasteiger partial charge in [-0.3, -0.25) is 0 Å². The Bertz CT molecular complexity index is 1130. The Labute approximate surface area is 172 Å². The third-order valence-corrected chi connectivity index (χ3v) is 7.86. The van der Waals surface area contributed by atoms with E-state index >= 15 is 0 Å². The number of nitrogens with zero attached hydrogens (tertiary/aromatic N) is 4. The number of rotatable bonds is 5. The monoisotopic (exact) mass is 412 g/mol. The van der Waals surface area contributed by atoms with Crippen LogP contribution < -0.4 is 0 Å². The van der Waals surface area contributed by atoms with Crippen molar-refractivity contribution in [2.24, 2.45) is 7.05 Å². The molecule has 0 spiro atoms. The molecular formula is C22H28N4O2S. The fourth-order valence-electron chi connectivity index (χ4n) is 3.99. The third-order valence-electron chi connectivity index (χ3n) is 5.96. The van der Waals surface area contributed by atoms with Crippen LogP contribution in [-0.4, -0.2) is 59.9 Å². The second kappa shape index (κ2) is 7.89. The molecule has 29 heavy (non-hydrogen) atoms. The highest BCUT2D eigenvalue weighted by molar-refractivity contribution is 7.89. The number of pyridine rings is 1. The Balaban J connectivity index is 1.38. The van der Waals surface area contributed by atoms with E-state index in [1.165, 1.54) is 10.9 Å². The fourth-order valence-corrected chi connectivity index (χ4v) is 5.50. The number of aromatic nitrogens is 2. The molecule has 0 unspecified atom stereocenters. The van der Waals surface area contributed by atoms with Gasteiger partial charge in [-0.25, -0.2) is 13.4 Å². The largest absolute Gasteiger partial charge is 0.335 e. The highest BCUT2D eigenvalue weighted by atomic mass is 32.2. The van der Waals surface area contributed by atoms with Crippen LogP contribution in [0.25, 0.3) is 11.0 Å². The average Bonchev–Trinajstić information content (AvgIpc) is 3.05. The third kappa shape index (κ3) is 3.95. The topological polar surface area (TPSA) is 58.4 Å². The van der Waals surface area contributed by atoms with Gasteiger partial charge in [-0.1, -0.05) is 6.07 Å². The highest BCUT2D eigenvalue weighted by Crippen LogP contribution is 2.22. The summed E-state index contributed by atoms with van der Waals surface area (Å²) in [4.78, 5) is 7.20. The van der Waals surface area contributed by atoms with E-state index in [1.54, 1.807) is 16.4 Å². The number of hydrogen-bond donors (Lipinski definition) is 0. The quantitative estimate of drug-likeness (QED) is 0.647. The van der Waals surface area contributed by atoms with Gasteiger partial charge in [0, 0.05) is 57.6 Å². The second-order valence-corrected chi connectivity index (χ2v) is 9.82. The van der Waals surface area contributed by atoms with Crippen molar-refractivity contribution in [3.8, 4) is 0 Å². The molecule has 0 amide bonds. The molecule has 0 saturated carbocycles. The molecule has 0 atom stereocenters. The summed E-state index contributed by atoms with van der Waals surface area (Å²) >= 11 is 0. The molecule has 0 aliphatic carbocycles. The summed E-state index contributed by atoms with van der Waals surface area (Å²) < 4.78 is 29.7. The maximum Gasteiger partial charge on any atom is 0.243 e. The number of benzene rings is 1. The lowest BCUT2D eigenvalue weighted by molar-refractivity contribution is 0.190. The number of fused-ring (bicyclic) bond motifs is 1. The van der Waals surface area contributed by atoms with Gasteiger partial charge in [-0.15, -0.1) is 0 Å². The fraction of sp³-hybridized carbons (Fsp3) is 0.409. The van der Waals surface area contributed by atoms with Gasteiger partial charge in [0.25, 0.3) is 0 Å². The lowest BCUT2D eigenvalue weighted by Gasteiger charge is -2.34. The summed E-state index contributed by atoms with van der Waals surface area (Å²) in [6.07, 6.45) is 4.91. The number of piperazine rings is 1. The first-order valence-electron chi connectivity index (χ1n) is 10.0. The first-order chi connectivity index (χ1) is 13.9. The maximum absolute atomic E-state index is 13.0. The van der Waals surface area contributed by atoms with Crippen molar-refractivity contribution < 1.29 is 8.42 Å². The van der Waals surface area contributed by atoms with Crippen molar-refractivity contribution in [1.82, 2.24) is 18.8 Å². The van der Waals surface area contributed by atoms with Crippen LogP contribution in [0.5, 0.6) is 0 Å². The SMILES string of the molecule is Cc1ccc(S(=O)(=O)N2CCN(CCc3cn(C)c4ncccc34)CC2)cc1C. The second-order valence-electron chi connectivity index (χ2n) is 7.88. The predicted octanol–water partition coefficient (Wildman–Crippen LogP) is 2.74. The molecule has 7 heteroatoms. The van der Waals surface area contributed by atoms with Crippen LogP contribution in [0.1, 0.15) is 16.7 Å². The first-order valence-corrected chi connectivity index (χ1v) is 11.5. The van der Waals surface area contributed by atoms with Crippen LogP contribution >= 0.6 is 0 Å². The van der Waals surface area contributed by atoms with E-state index in [0.717, 1.165) is 42.8 Å². The normalized spacial score (nSPS) is 16.5. The van der Waals surface area contributed by atoms with Gasteiger partial charge in [0.2, 0.25) is 10.0 Å². The van der Waals surface area contributed by atoms with Crippen molar-refractivity contribution in [3.63, 3.8) is 0 Å². The molecule has 154 valence electrons. The number of sulfonamides is 1. The molecule has 4 rings (SSSR count). The average molecular weight is 413 g/mol. The highest BCUT2D eigenvalue weighted by Gasteiger charge is 2.28. The number of aryl methyl sites for hydroxylation is 3. The first kappa shape index (κ1) is 20.1. The lowest BCUT2D eigenvalue weighted by Crippen LogP contribution is -2.49. The van der Waals surface area contributed by atoms with Crippen LogP contribution in [0.4, 0.5) is 0 Å². The van der Waals surface area contributed by atoms with E-state index in [1.807, 2.05) is 39.2 Å². The lowest BCUT2D eigenvalue weighted by atomic mass is 10.1. The zero-order valence-corrected chi connectivity index (χ0v) is 18.1. The molecule has 3 heterocycles. The minimum Gasteiger partial charge on any atom is -0.335 e. The van der Waals surface area contributed by atoms with E-state index in [4.69, 9.17) is 0 Å². The summed E-state index contributed by atoms with van der Waals surface area (Å²) in [5, 5.41) is 1.20. The molecule has 2 aromatic heterocycles. The van der Waals surface area contributed by atoms with Crippen molar-refractivity contribution >= 4 is 21.1 Å². The molecule has 0 N–H and O–H groups in total. The van der Waals surface area contributed by atoms with Crippen molar-refractivity contribution in [1.29, 1.82) is 0 Å². The van der Waals surface area contributed by atoms with Gasteiger partial charge in [0.1, 0.15) is 5.65 Å². The molecule has 1 fully saturated rings. The summed E-state index contributed by atoms with van der Waals surface area (Å²) in [5.74, 6) is 0.